The Morgan fingerprint density at radius 3 is 3.10 bits per heavy atom. The first-order chi connectivity index (χ1) is 9.63. The van der Waals surface area contributed by atoms with Crippen LogP contribution in [0.4, 0.5) is 0 Å². The van der Waals surface area contributed by atoms with Crippen LogP contribution < -0.4 is 5.32 Å². The van der Waals surface area contributed by atoms with Gasteiger partial charge in [-0.1, -0.05) is 13.8 Å². The summed E-state index contributed by atoms with van der Waals surface area (Å²) < 4.78 is 3.91. The lowest BCUT2D eigenvalue weighted by atomic mass is 10.0. The van der Waals surface area contributed by atoms with Crippen molar-refractivity contribution in [1.82, 2.24) is 29.9 Å². The van der Waals surface area contributed by atoms with Crippen LogP contribution in [-0.4, -0.2) is 30.6 Å². The lowest BCUT2D eigenvalue weighted by molar-refractivity contribution is 0.357. The van der Waals surface area contributed by atoms with Crippen LogP contribution in [0, 0.1) is 0 Å². The van der Waals surface area contributed by atoms with Gasteiger partial charge in [-0.05, 0) is 12.3 Å². The zero-order chi connectivity index (χ0) is 14.1. The first kappa shape index (κ1) is 13.3. The molecule has 0 spiro atoms. The average Bonchev–Trinajstić information content (AvgIpc) is 3.01. The predicted octanol–water partition coefficient (Wildman–Crippen LogP) is 1.24. The minimum absolute atomic E-state index is 0.460. The standard InChI is InChI=1S/C14H22N6/c1-10(2)14-11(7-19(3)18-14)6-15-12-4-5-13-16-9-17-20(13)8-12/h7,9-10,12,15H,4-6,8H2,1-3H3. The number of nitrogens with zero attached hydrogens (tertiary/aromatic N) is 5. The summed E-state index contributed by atoms with van der Waals surface area (Å²) in [5, 5.41) is 12.4. The van der Waals surface area contributed by atoms with Crippen LogP contribution in [0.15, 0.2) is 12.5 Å². The van der Waals surface area contributed by atoms with Gasteiger partial charge in [0.25, 0.3) is 0 Å². The normalized spacial score (nSPS) is 18.5. The number of aromatic nitrogens is 5. The van der Waals surface area contributed by atoms with E-state index < -0.39 is 0 Å². The van der Waals surface area contributed by atoms with Gasteiger partial charge in [-0.3, -0.25) is 4.68 Å². The smallest absolute Gasteiger partial charge is 0.138 e. The lowest BCUT2D eigenvalue weighted by Crippen LogP contribution is -2.37. The van der Waals surface area contributed by atoms with Crippen LogP contribution in [0.1, 0.15) is 43.3 Å². The van der Waals surface area contributed by atoms with Gasteiger partial charge in [-0.15, -0.1) is 0 Å². The summed E-state index contributed by atoms with van der Waals surface area (Å²) >= 11 is 0. The Bertz CT molecular complexity index is 582. The molecule has 0 aromatic carbocycles. The van der Waals surface area contributed by atoms with Gasteiger partial charge < -0.3 is 5.32 Å². The first-order valence-corrected chi connectivity index (χ1v) is 7.26. The molecule has 3 rings (SSSR count). The highest BCUT2D eigenvalue weighted by molar-refractivity contribution is 5.20. The molecule has 6 nitrogen and oxygen atoms in total. The third-order valence-corrected chi connectivity index (χ3v) is 3.87. The van der Waals surface area contributed by atoms with Crippen LogP contribution in [-0.2, 0) is 26.6 Å². The number of aryl methyl sites for hydroxylation is 2. The summed E-state index contributed by atoms with van der Waals surface area (Å²) in [6.45, 7) is 6.16. The topological polar surface area (TPSA) is 60.6 Å². The first-order valence-electron chi connectivity index (χ1n) is 7.26. The van der Waals surface area contributed by atoms with E-state index in [1.165, 1.54) is 11.3 Å². The number of hydrogen-bond donors (Lipinski definition) is 1. The molecule has 1 aliphatic heterocycles. The van der Waals surface area contributed by atoms with Crippen molar-refractivity contribution in [2.45, 2.75) is 51.7 Å². The molecule has 3 heterocycles. The molecule has 0 saturated heterocycles. The Kier molecular flexibility index (Phi) is 3.56. The molecule has 0 amide bonds. The lowest BCUT2D eigenvalue weighted by Gasteiger charge is -2.23. The van der Waals surface area contributed by atoms with Crippen molar-refractivity contribution >= 4 is 0 Å². The van der Waals surface area contributed by atoms with Crippen molar-refractivity contribution in [2.75, 3.05) is 0 Å². The van der Waals surface area contributed by atoms with E-state index in [2.05, 4.69) is 40.5 Å². The van der Waals surface area contributed by atoms with Crippen molar-refractivity contribution in [1.29, 1.82) is 0 Å². The second-order valence-corrected chi connectivity index (χ2v) is 5.84. The molecule has 0 saturated carbocycles. The zero-order valence-corrected chi connectivity index (χ0v) is 12.4. The summed E-state index contributed by atoms with van der Waals surface area (Å²) in [5.41, 5.74) is 2.49. The molecule has 1 unspecified atom stereocenters. The van der Waals surface area contributed by atoms with Crippen LogP contribution in [0.25, 0.3) is 0 Å². The fraction of sp³-hybridized carbons (Fsp3) is 0.643. The SMILES string of the molecule is CC(C)c1nn(C)cc1CNC1CCc2ncnn2C1. The van der Waals surface area contributed by atoms with E-state index in [0.29, 0.717) is 12.0 Å². The van der Waals surface area contributed by atoms with Crippen LogP contribution in [0.3, 0.4) is 0 Å². The second kappa shape index (κ2) is 5.36. The molecule has 0 bridgehead atoms. The maximum Gasteiger partial charge on any atom is 0.138 e. The van der Waals surface area contributed by atoms with E-state index in [1.54, 1.807) is 6.33 Å². The summed E-state index contributed by atoms with van der Waals surface area (Å²) in [4.78, 5) is 4.26. The van der Waals surface area contributed by atoms with Crippen molar-refractivity contribution in [3.05, 3.63) is 29.6 Å². The monoisotopic (exact) mass is 274 g/mol. The molecule has 0 fully saturated rings. The van der Waals surface area contributed by atoms with Gasteiger partial charge in [-0.2, -0.15) is 10.2 Å². The van der Waals surface area contributed by atoms with E-state index >= 15 is 0 Å². The van der Waals surface area contributed by atoms with E-state index in [0.717, 1.165) is 31.8 Å². The zero-order valence-electron chi connectivity index (χ0n) is 12.4. The highest BCUT2D eigenvalue weighted by atomic mass is 15.3. The molecule has 1 aliphatic rings. The average molecular weight is 274 g/mol. The van der Waals surface area contributed by atoms with Crippen LogP contribution in [0.5, 0.6) is 0 Å². The van der Waals surface area contributed by atoms with Crippen molar-refractivity contribution < 1.29 is 0 Å². The van der Waals surface area contributed by atoms with E-state index in [-0.39, 0.29) is 0 Å². The summed E-state index contributed by atoms with van der Waals surface area (Å²) in [5.74, 6) is 1.56. The Hall–Kier alpha value is -1.69. The maximum absolute atomic E-state index is 4.55. The van der Waals surface area contributed by atoms with Gasteiger partial charge in [0.15, 0.2) is 0 Å². The summed E-state index contributed by atoms with van der Waals surface area (Å²) in [6, 6.07) is 0.462. The molecule has 20 heavy (non-hydrogen) atoms. The molecular weight excluding hydrogens is 252 g/mol. The summed E-state index contributed by atoms with van der Waals surface area (Å²) in [7, 11) is 1.98. The van der Waals surface area contributed by atoms with Crippen molar-refractivity contribution in [3.63, 3.8) is 0 Å². The molecule has 1 N–H and O–H groups in total. The minimum atomic E-state index is 0.460. The number of fused-ring (bicyclic) bond motifs is 1. The van der Waals surface area contributed by atoms with Gasteiger partial charge in [0.05, 0.1) is 12.2 Å². The van der Waals surface area contributed by atoms with Crippen LogP contribution >= 0.6 is 0 Å². The van der Waals surface area contributed by atoms with Gasteiger partial charge in [0.2, 0.25) is 0 Å². The fourth-order valence-corrected chi connectivity index (χ4v) is 2.84. The molecule has 6 heteroatoms. The molecule has 2 aromatic rings. The second-order valence-electron chi connectivity index (χ2n) is 5.84. The Morgan fingerprint density at radius 2 is 2.30 bits per heavy atom. The number of rotatable bonds is 4. The molecule has 0 radical (unpaired) electrons. The largest absolute Gasteiger partial charge is 0.308 e. The molecule has 0 aliphatic carbocycles. The Morgan fingerprint density at radius 1 is 1.45 bits per heavy atom. The molecule has 108 valence electrons. The predicted molar refractivity (Wildman–Crippen MR) is 76.3 cm³/mol. The quantitative estimate of drug-likeness (QED) is 0.911. The van der Waals surface area contributed by atoms with Crippen molar-refractivity contribution in [3.8, 4) is 0 Å². The van der Waals surface area contributed by atoms with Gasteiger partial charge in [0.1, 0.15) is 12.2 Å². The number of nitrogens with one attached hydrogen (secondary N) is 1. The maximum atomic E-state index is 4.55. The van der Waals surface area contributed by atoms with Gasteiger partial charge >= 0.3 is 0 Å². The third kappa shape index (κ3) is 2.60. The van der Waals surface area contributed by atoms with Gasteiger partial charge in [0, 0.05) is 37.8 Å². The highest BCUT2D eigenvalue weighted by Crippen LogP contribution is 2.18. The molecule has 1 atom stereocenters. The number of hydrogen-bond acceptors (Lipinski definition) is 4. The van der Waals surface area contributed by atoms with E-state index in [4.69, 9.17) is 0 Å². The Balaban J connectivity index is 1.63. The highest BCUT2D eigenvalue weighted by Gasteiger charge is 2.20. The van der Waals surface area contributed by atoms with E-state index in [1.807, 2.05) is 16.4 Å². The minimum Gasteiger partial charge on any atom is -0.308 e. The third-order valence-electron chi connectivity index (χ3n) is 3.87. The summed E-state index contributed by atoms with van der Waals surface area (Å²) in [6.07, 6.45) is 5.89. The van der Waals surface area contributed by atoms with Gasteiger partial charge in [-0.25, -0.2) is 9.67 Å². The Labute approximate surface area is 119 Å². The van der Waals surface area contributed by atoms with Crippen molar-refractivity contribution in [2.24, 2.45) is 7.05 Å². The van der Waals surface area contributed by atoms with Crippen LogP contribution in [0.2, 0.25) is 0 Å². The molecule has 2 aromatic heterocycles. The van der Waals surface area contributed by atoms with E-state index in [9.17, 15) is 0 Å². The fourth-order valence-electron chi connectivity index (χ4n) is 2.84. The molecular formula is C14H22N6.